The molecule has 0 saturated carbocycles. The molecule has 0 radical (unpaired) electrons. The molecule has 5 nitrogen and oxygen atoms in total. The van der Waals surface area contributed by atoms with Crippen molar-refractivity contribution in [3.05, 3.63) is 71.8 Å². The van der Waals surface area contributed by atoms with Crippen LogP contribution in [0.4, 0.5) is 4.79 Å². The summed E-state index contributed by atoms with van der Waals surface area (Å²) in [7, 11) is 0. The van der Waals surface area contributed by atoms with Crippen molar-refractivity contribution >= 4 is 6.09 Å². The molecule has 1 amide bonds. The van der Waals surface area contributed by atoms with E-state index in [0.29, 0.717) is 6.54 Å². The van der Waals surface area contributed by atoms with Crippen LogP contribution in [0.25, 0.3) is 0 Å². The van der Waals surface area contributed by atoms with Gasteiger partial charge in [-0.05, 0) is 70.8 Å². The van der Waals surface area contributed by atoms with Crippen LogP contribution in [0.15, 0.2) is 60.7 Å². The third-order valence-corrected chi connectivity index (χ3v) is 5.07. The lowest BCUT2D eigenvalue weighted by atomic mass is 10.1. The lowest BCUT2D eigenvalue weighted by molar-refractivity contribution is 0.0527. The summed E-state index contributed by atoms with van der Waals surface area (Å²) < 4.78 is 5.28. The highest BCUT2D eigenvalue weighted by atomic mass is 16.6. The van der Waals surface area contributed by atoms with Crippen molar-refractivity contribution in [2.75, 3.05) is 26.2 Å². The molecule has 0 aliphatic heterocycles. The zero-order valence-corrected chi connectivity index (χ0v) is 20.1. The van der Waals surface area contributed by atoms with E-state index in [-0.39, 0.29) is 6.09 Å². The van der Waals surface area contributed by atoms with E-state index in [1.807, 2.05) is 20.8 Å². The van der Waals surface area contributed by atoms with Crippen molar-refractivity contribution in [1.82, 2.24) is 15.5 Å². The summed E-state index contributed by atoms with van der Waals surface area (Å²) in [5, 5.41) is 6.40. The predicted molar refractivity (Wildman–Crippen MR) is 133 cm³/mol. The maximum Gasteiger partial charge on any atom is 0.407 e. The van der Waals surface area contributed by atoms with Crippen LogP contribution in [-0.2, 0) is 17.8 Å². The molecule has 0 aromatic heterocycles. The average molecular weight is 440 g/mol. The fourth-order valence-electron chi connectivity index (χ4n) is 3.51. The van der Waals surface area contributed by atoms with E-state index in [1.165, 1.54) is 11.1 Å². The van der Waals surface area contributed by atoms with Crippen LogP contribution in [0, 0.1) is 0 Å². The van der Waals surface area contributed by atoms with Crippen LogP contribution in [-0.4, -0.2) is 42.8 Å². The number of amides is 1. The first-order valence-corrected chi connectivity index (χ1v) is 11.9. The molecule has 0 unspecified atom stereocenters. The van der Waals surface area contributed by atoms with Gasteiger partial charge in [0.15, 0.2) is 0 Å². The number of nitrogens with zero attached hydrogens (tertiary/aromatic N) is 1. The Morgan fingerprint density at radius 2 is 1.44 bits per heavy atom. The van der Waals surface area contributed by atoms with Gasteiger partial charge < -0.3 is 15.4 Å². The first-order chi connectivity index (χ1) is 15.4. The minimum absolute atomic E-state index is 0.328. The normalized spacial score (nSPS) is 11.5. The summed E-state index contributed by atoms with van der Waals surface area (Å²) in [6.07, 6.45) is 3.98. The van der Waals surface area contributed by atoms with E-state index in [2.05, 4.69) is 76.2 Å². The van der Waals surface area contributed by atoms with Crippen LogP contribution in [0.5, 0.6) is 0 Å². The largest absolute Gasteiger partial charge is 0.444 e. The molecule has 0 atom stereocenters. The van der Waals surface area contributed by atoms with Gasteiger partial charge in [-0.2, -0.15) is 0 Å². The molecule has 0 spiro atoms. The fraction of sp³-hybridized carbons (Fsp3) is 0.519. The molecule has 32 heavy (non-hydrogen) atoms. The maximum absolute atomic E-state index is 11.7. The average Bonchev–Trinajstić information content (AvgIpc) is 2.76. The quantitative estimate of drug-likeness (QED) is 0.389. The Morgan fingerprint density at radius 3 is 2.09 bits per heavy atom. The van der Waals surface area contributed by atoms with Gasteiger partial charge in [-0.3, -0.25) is 4.90 Å². The number of unbranched alkanes of at least 4 members (excludes halogenated alkanes) is 2. The van der Waals surface area contributed by atoms with Gasteiger partial charge in [0.05, 0.1) is 0 Å². The molecule has 0 aliphatic carbocycles. The Morgan fingerprint density at radius 1 is 0.812 bits per heavy atom. The number of ether oxygens (including phenoxy) is 1. The molecule has 0 aliphatic rings. The molecule has 2 rings (SSSR count). The van der Waals surface area contributed by atoms with Gasteiger partial charge in [-0.15, -0.1) is 0 Å². The third-order valence-electron chi connectivity index (χ3n) is 5.07. The molecule has 0 fully saturated rings. The first kappa shape index (κ1) is 25.9. The van der Waals surface area contributed by atoms with Crippen LogP contribution in [0.1, 0.15) is 57.6 Å². The summed E-state index contributed by atoms with van der Waals surface area (Å²) in [4.78, 5) is 14.3. The van der Waals surface area contributed by atoms with Gasteiger partial charge >= 0.3 is 6.09 Å². The van der Waals surface area contributed by atoms with E-state index < -0.39 is 5.60 Å². The number of carbonyl (C=O) groups excluding carboxylic acids is 1. The maximum atomic E-state index is 11.7. The van der Waals surface area contributed by atoms with Gasteiger partial charge in [-0.25, -0.2) is 4.79 Å². The Bertz CT molecular complexity index is 745. The molecule has 0 saturated heterocycles. The van der Waals surface area contributed by atoms with Crippen molar-refractivity contribution in [3.63, 3.8) is 0 Å². The predicted octanol–water partition coefficient (Wildman–Crippen LogP) is 5.36. The van der Waals surface area contributed by atoms with Gasteiger partial charge in [-0.1, -0.05) is 67.1 Å². The molecule has 5 heteroatoms. The smallest absolute Gasteiger partial charge is 0.407 e. The van der Waals surface area contributed by atoms with Crippen molar-refractivity contribution < 1.29 is 9.53 Å². The Kier molecular flexibility index (Phi) is 11.8. The second-order valence-corrected chi connectivity index (χ2v) is 9.27. The fourth-order valence-corrected chi connectivity index (χ4v) is 3.51. The Balaban J connectivity index is 1.65. The second kappa shape index (κ2) is 14.6. The summed E-state index contributed by atoms with van der Waals surface area (Å²) in [6, 6.07) is 21.2. The van der Waals surface area contributed by atoms with Crippen LogP contribution >= 0.6 is 0 Å². The molecular weight excluding hydrogens is 398 g/mol. The van der Waals surface area contributed by atoms with Gasteiger partial charge in [0.25, 0.3) is 0 Å². The van der Waals surface area contributed by atoms with E-state index in [1.54, 1.807) is 0 Å². The Hall–Kier alpha value is -2.37. The monoisotopic (exact) mass is 439 g/mol. The molecule has 2 aromatic rings. The number of nitrogens with one attached hydrogen (secondary N) is 2. The summed E-state index contributed by atoms with van der Waals surface area (Å²) >= 11 is 0. The minimum atomic E-state index is -0.446. The lowest BCUT2D eigenvalue weighted by Gasteiger charge is -2.23. The van der Waals surface area contributed by atoms with Crippen molar-refractivity contribution in [2.24, 2.45) is 0 Å². The lowest BCUT2D eigenvalue weighted by Crippen LogP contribution is -2.33. The van der Waals surface area contributed by atoms with Crippen molar-refractivity contribution in [3.8, 4) is 0 Å². The molecule has 2 aromatic carbocycles. The number of alkyl carbamates (subject to hydrolysis) is 1. The topological polar surface area (TPSA) is 53.6 Å². The standard InChI is InChI=1S/C27H41N3O2/c1-27(2,3)32-26(31)29-19-11-6-12-20-30(23-25-16-9-5-10-17-25)21-13-18-28-22-24-14-7-4-8-15-24/h4-5,7-10,14-17,28H,6,11-13,18-23H2,1-3H3,(H,29,31). The summed E-state index contributed by atoms with van der Waals surface area (Å²) in [6.45, 7) is 11.4. The number of carbonyl (C=O) groups is 1. The van der Waals surface area contributed by atoms with E-state index in [9.17, 15) is 4.79 Å². The van der Waals surface area contributed by atoms with Gasteiger partial charge in [0, 0.05) is 19.6 Å². The number of hydrogen-bond donors (Lipinski definition) is 2. The van der Waals surface area contributed by atoms with Gasteiger partial charge in [0.1, 0.15) is 5.60 Å². The van der Waals surface area contributed by atoms with E-state index in [0.717, 1.165) is 58.4 Å². The second-order valence-electron chi connectivity index (χ2n) is 9.27. The highest BCUT2D eigenvalue weighted by Gasteiger charge is 2.15. The highest BCUT2D eigenvalue weighted by Crippen LogP contribution is 2.09. The van der Waals surface area contributed by atoms with Gasteiger partial charge in [0.2, 0.25) is 0 Å². The molecule has 0 heterocycles. The zero-order chi connectivity index (χ0) is 23.1. The van der Waals surface area contributed by atoms with Crippen LogP contribution in [0.3, 0.4) is 0 Å². The van der Waals surface area contributed by atoms with Crippen LogP contribution < -0.4 is 10.6 Å². The van der Waals surface area contributed by atoms with Crippen molar-refractivity contribution in [1.29, 1.82) is 0 Å². The molecule has 2 N–H and O–H groups in total. The summed E-state index contributed by atoms with van der Waals surface area (Å²) in [5.74, 6) is 0. The summed E-state index contributed by atoms with van der Waals surface area (Å²) in [5.41, 5.74) is 2.24. The molecule has 0 bridgehead atoms. The minimum Gasteiger partial charge on any atom is -0.444 e. The molecular formula is C27H41N3O2. The highest BCUT2D eigenvalue weighted by molar-refractivity contribution is 5.67. The van der Waals surface area contributed by atoms with Crippen LogP contribution in [0.2, 0.25) is 0 Å². The van der Waals surface area contributed by atoms with E-state index in [4.69, 9.17) is 4.74 Å². The zero-order valence-electron chi connectivity index (χ0n) is 20.1. The molecule has 176 valence electrons. The number of benzene rings is 2. The van der Waals surface area contributed by atoms with Crippen molar-refractivity contribution in [2.45, 2.75) is 65.1 Å². The SMILES string of the molecule is CC(C)(C)OC(=O)NCCCCCN(CCCNCc1ccccc1)Cc1ccccc1. The third kappa shape index (κ3) is 12.5. The number of hydrogen-bond acceptors (Lipinski definition) is 4. The van der Waals surface area contributed by atoms with E-state index >= 15 is 0 Å². The first-order valence-electron chi connectivity index (χ1n) is 11.9. The number of rotatable bonds is 14. The Labute approximate surface area is 194 Å².